The normalized spacial score (nSPS) is 14.8. The molecule has 10 heteroatoms. The van der Waals surface area contributed by atoms with Gasteiger partial charge in [-0.2, -0.15) is 10.4 Å². The molecule has 0 amide bonds. The van der Waals surface area contributed by atoms with Gasteiger partial charge in [0, 0.05) is 75.9 Å². The average molecular weight is 545 g/mol. The molecule has 1 atom stereocenters. The van der Waals surface area contributed by atoms with Gasteiger partial charge in [0.1, 0.15) is 11.9 Å². The smallest absolute Gasteiger partial charge is 0.185 e. The third-order valence-electron chi connectivity index (χ3n) is 7.16. The lowest BCUT2D eigenvalue weighted by molar-refractivity contribution is 0.112. The van der Waals surface area contributed by atoms with Crippen molar-refractivity contribution in [3.63, 3.8) is 0 Å². The number of nitrogens with zero attached hydrogens (tertiary/aromatic N) is 7. The molecule has 9 nitrogen and oxygen atoms in total. The van der Waals surface area contributed by atoms with Gasteiger partial charge in [-0.3, -0.25) is 14.5 Å². The van der Waals surface area contributed by atoms with Crippen LogP contribution in [-0.2, 0) is 6.54 Å². The molecule has 1 N–H and O–H groups in total. The van der Waals surface area contributed by atoms with E-state index in [-0.39, 0.29) is 6.04 Å². The Morgan fingerprint density at radius 1 is 1.23 bits per heavy atom. The Morgan fingerprint density at radius 3 is 2.52 bits per heavy atom. The number of pyridine rings is 1. The summed E-state index contributed by atoms with van der Waals surface area (Å²) >= 11 is 0. The van der Waals surface area contributed by atoms with Crippen molar-refractivity contribution in [2.75, 3.05) is 50.5 Å². The lowest BCUT2D eigenvalue weighted by Gasteiger charge is -2.40. The molecule has 0 radical (unpaired) electrons. The molecule has 1 unspecified atom stereocenters. The number of rotatable bonds is 9. The minimum Gasteiger partial charge on any atom is -0.377 e. The van der Waals surface area contributed by atoms with Crippen LogP contribution in [0.15, 0.2) is 42.5 Å². The molecule has 1 aliphatic heterocycles. The molecule has 0 bridgehead atoms. The molecule has 3 aromatic rings. The third-order valence-corrected chi connectivity index (χ3v) is 7.16. The van der Waals surface area contributed by atoms with Gasteiger partial charge in [0.25, 0.3) is 0 Å². The highest BCUT2D eigenvalue weighted by molar-refractivity contribution is 5.86. The van der Waals surface area contributed by atoms with Gasteiger partial charge < -0.3 is 20.0 Å². The fraction of sp³-hybridized carbons (Fsp3) is 0.400. The zero-order valence-electron chi connectivity index (χ0n) is 24.1. The minimum absolute atomic E-state index is 0.288. The van der Waals surface area contributed by atoms with Crippen LogP contribution in [-0.4, -0.2) is 71.1 Å². The number of aryl methyl sites for hydroxylation is 3. The van der Waals surface area contributed by atoms with Crippen LogP contribution in [0.5, 0.6) is 0 Å². The maximum absolute atomic E-state index is 16.7. The number of piperazine rings is 1. The van der Waals surface area contributed by atoms with Crippen LogP contribution in [0.25, 0.3) is 5.83 Å². The van der Waals surface area contributed by atoms with Gasteiger partial charge in [0.05, 0.1) is 17.6 Å². The van der Waals surface area contributed by atoms with Crippen molar-refractivity contribution >= 4 is 23.5 Å². The molecule has 4 rings (SSSR count). The predicted octanol–water partition coefficient (Wildman–Crippen LogP) is 4.75. The topological polar surface area (TPSA) is 93.3 Å². The summed E-state index contributed by atoms with van der Waals surface area (Å²) in [6.45, 7) is 10.7. The van der Waals surface area contributed by atoms with Crippen molar-refractivity contribution in [3.8, 4) is 6.07 Å². The van der Waals surface area contributed by atoms with E-state index in [1.165, 1.54) is 0 Å². The fourth-order valence-electron chi connectivity index (χ4n) is 5.18. The second-order valence-corrected chi connectivity index (χ2v) is 10.3. The maximum Gasteiger partial charge on any atom is 0.185 e. The van der Waals surface area contributed by atoms with Gasteiger partial charge >= 0.3 is 0 Å². The summed E-state index contributed by atoms with van der Waals surface area (Å²) in [5.41, 5.74) is 5.10. The number of nitrogens with one attached hydrogen (secondary N) is 1. The molecule has 2 aromatic heterocycles. The van der Waals surface area contributed by atoms with Crippen molar-refractivity contribution in [2.24, 2.45) is 0 Å². The number of nitriles is 1. The molecule has 0 spiro atoms. The fourth-order valence-corrected chi connectivity index (χ4v) is 5.18. The Kier molecular flexibility index (Phi) is 8.73. The van der Waals surface area contributed by atoms with E-state index in [0.29, 0.717) is 60.9 Å². The monoisotopic (exact) mass is 544 g/mol. The van der Waals surface area contributed by atoms with Gasteiger partial charge in [-0.25, -0.2) is 4.39 Å². The zero-order chi connectivity index (χ0) is 29.0. The number of benzene rings is 1. The number of anilines is 2. The Bertz CT molecular complexity index is 1430. The predicted molar refractivity (Wildman–Crippen MR) is 156 cm³/mol. The number of halogens is 1. The lowest BCUT2D eigenvalue weighted by Crippen LogP contribution is -2.48. The molecule has 1 aliphatic rings. The van der Waals surface area contributed by atoms with E-state index < -0.39 is 5.83 Å². The number of aldehydes is 1. The summed E-state index contributed by atoms with van der Waals surface area (Å²) in [4.78, 5) is 22.5. The van der Waals surface area contributed by atoms with Crippen LogP contribution in [0.2, 0.25) is 0 Å². The van der Waals surface area contributed by atoms with Crippen LogP contribution in [0.3, 0.4) is 0 Å². The van der Waals surface area contributed by atoms with Crippen LogP contribution < -0.4 is 10.2 Å². The molecular weight excluding hydrogens is 507 g/mol. The molecular formula is C30H37FN8O. The van der Waals surface area contributed by atoms with E-state index in [1.807, 2.05) is 71.1 Å². The van der Waals surface area contributed by atoms with Crippen molar-refractivity contribution in [2.45, 2.75) is 40.3 Å². The largest absolute Gasteiger partial charge is 0.377 e. The minimum atomic E-state index is -0.442. The number of carbonyl (C=O) groups is 1. The zero-order valence-corrected chi connectivity index (χ0v) is 24.1. The SMILES string of the molecule is CCn1cc(N2CCN(/C(=C(\F)c3c(C=O)cc(C)cc3C(C)Nc3ccc(C)nc3)N(C)C)CC2)c(C#N)n1. The van der Waals surface area contributed by atoms with E-state index in [2.05, 4.69) is 26.4 Å². The van der Waals surface area contributed by atoms with E-state index in [9.17, 15) is 10.1 Å². The van der Waals surface area contributed by atoms with Gasteiger partial charge in [-0.15, -0.1) is 0 Å². The highest BCUT2D eigenvalue weighted by atomic mass is 19.1. The standard InChI is InChI=1S/C30H37FN8O/c1-7-39-18-27(26(16-32)35-39)37-10-12-38(13-11-37)30(36(5)6)29(31)28-23(19-40)14-20(2)15-25(28)22(4)34-24-9-8-21(3)33-17-24/h8-9,14-15,17-19,22,34H,7,10-13H2,1-6H3/b30-29-. The first-order chi connectivity index (χ1) is 19.2. The average Bonchev–Trinajstić information content (AvgIpc) is 3.37. The van der Waals surface area contributed by atoms with Gasteiger partial charge in [0.15, 0.2) is 17.8 Å². The summed E-state index contributed by atoms with van der Waals surface area (Å²) in [7, 11) is 3.63. The second-order valence-electron chi connectivity index (χ2n) is 10.3. The lowest BCUT2D eigenvalue weighted by atomic mass is 9.93. The van der Waals surface area contributed by atoms with Crippen molar-refractivity contribution in [3.05, 3.63) is 76.1 Å². The van der Waals surface area contributed by atoms with Crippen molar-refractivity contribution < 1.29 is 9.18 Å². The van der Waals surface area contributed by atoms with E-state index in [4.69, 9.17) is 0 Å². The van der Waals surface area contributed by atoms with Crippen LogP contribution in [0, 0.1) is 25.2 Å². The van der Waals surface area contributed by atoms with Gasteiger partial charge in [0.2, 0.25) is 0 Å². The Labute approximate surface area is 235 Å². The summed E-state index contributed by atoms with van der Waals surface area (Å²) in [6, 6.07) is 9.41. The molecule has 40 heavy (non-hydrogen) atoms. The number of hydrogen-bond donors (Lipinski definition) is 1. The summed E-state index contributed by atoms with van der Waals surface area (Å²) in [6.07, 6.45) is 4.37. The molecule has 3 heterocycles. The van der Waals surface area contributed by atoms with Crippen LogP contribution in [0.4, 0.5) is 15.8 Å². The number of carbonyl (C=O) groups excluding carboxylic acids is 1. The van der Waals surface area contributed by atoms with Gasteiger partial charge in [-0.05, 0) is 51.5 Å². The van der Waals surface area contributed by atoms with E-state index >= 15 is 4.39 Å². The highest BCUT2D eigenvalue weighted by Gasteiger charge is 2.29. The van der Waals surface area contributed by atoms with E-state index in [1.54, 1.807) is 21.8 Å². The van der Waals surface area contributed by atoms with E-state index in [0.717, 1.165) is 28.9 Å². The third kappa shape index (κ3) is 5.93. The Morgan fingerprint density at radius 2 is 1.95 bits per heavy atom. The molecule has 0 aliphatic carbocycles. The first-order valence-corrected chi connectivity index (χ1v) is 13.5. The Hall–Kier alpha value is -4.39. The van der Waals surface area contributed by atoms with Crippen molar-refractivity contribution in [1.29, 1.82) is 5.26 Å². The van der Waals surface area contributed by atoms with Crippen LogP contribution >= 0.6 is 0 Å². The molecule has 1 saturated heterocycles. The quantitative estimate of drug-likeness (QED) is 0.386. The van der Waals surface area contributed by atoms with Gasteiger partial charge in [-0.1, -0.05) is 11.6 Å². The summed E-state index contributed by atoms with van der Waals surface area (Å²) in [5.74, 6) is -0.0236. The number of hydrogen-bond acceptors (Lipinski definition) is 8. The highest BCUT2D eigenvalue weighted by Crippen LogP contribution is 2.35. The first kappa shape index (κ1) is 28.6. The molecule has 1 aromatic carbocycles. The van der Waals surface area contributed by atoms with Crippen LogP contribution in [0.1, 0.15) is 58.3 Å². The number of aromatic nitrogens is 3. The Balaban J connectivity index is 1.68. The summed E-state index contributed by atoms with van der Waals surface area (Å²) in [5, 5.41) is 17.3. The first-order valence-electron chi connectivity index (χ1n) is 13.5. The second kappa shape index (κ2) is 12.2. The van der Waals surface area contributed by atoms with Crippen molar-refractivity contribution in [1.82, 2.24) is 24.6 Å². The molecule has 0 saturated carbocycles. The summed E-state index contributed by atoms with van der Waals surface area (Å²) < 4.78 is 18.5. The molecule has 210 valence electrons. The molecule has 1 fully saturated rings. The maximum atomic E-state index is 16.7.